The molecular weight excluding hydrogens is 228 g/mol. The first kappa shape index (κ1) is 13.4. The minimum Gasteiger partial charge on any atom is -0.334 e. The quantitative estimate of drug-likeness (QED) is 0.821. The Labute approximate surface area is 109 Å². The highest BCUT2D eigenvalue weighted by molar-refractivity contribution is 5.97. The van der Waals surface area contributed by atoms with Crippen molar-refractivity contribution in [3.05, 3.63) is 0 Å². The van der Waals surface area contributed by atoms with Gasteiger partial charge in [-0.3, -0.25) is 9.69 Å². The molecule has 2 aliphatic rings. The number of amides is 3. The molecule has 0 spiro atoms. The molecule has 0 aromatic heterocycles. The first-order chi connectivity index (χ1) is 8.37. The number of hydrogen-bond donors (Lipinski definition) is 1. The van der Waals surface area contributed by atoms with Gasteiger partial charge in [-0.05, 0) is 24.7 Å². The highest BCUT2D eigenvalue weighted by atomic mass is 16.2. The normalized spacial score (nSPS) is 26.6. The van der Waals surface area contributed by atoms with Gasteiger partial charge >= 0.3 is 6.03 Å². The lowest BCUT2D eigenvalue weighted by atomic mass is 9.86. The Kier molecular flexibility index (Phi) is 3.64. The van der Waals surface area contributed by atoms with Gasteiger partial charge in [-0.15, -0.1) is 0 Å². The number of nitrogens with one attached hydrogen (secondary N) is 1. The summed E-state index contributed by atoms with van der Waals surface area (Å²) in [6, 6.07) is -0.0249. The molecule has 0 radical (unpaired) electrons. The summed E-state index contributed by atoms with van der Waals surface area (Å²) in [7, 11) is 0. The van der Waals surface area contributed by atoms with Crippen LogP contribution in [0.15, 0.2) is 0 Å². The van der Waals surface area contributed by atoms with Crippen molar-refractivity contribution in [3.8, 4) is 0 Å². The summed E-state index contributed by atoms with van der Waals surface area (Å²) in [5, 5.41) is 3.00. The van der Waals surface area contributed by atoms with E-state index in [0.29, 0.717) is 6.42 Å². The van der Waals surface area contributed by atoms with Gasteiger partial charge < -0.3 is 5.32 Å². The predicted molar refractivity (Wildman–Crippen MR) is 70.1 cm³/mol. The van der Waals surface area contributed by atoms with E-state index in [1.165, 1.54) is 4.90 Å². The number of hydrogen-bond acceptors (Lipinski definition) is 2. The zero-order valence-corrected chi connectivity index (χ0v) is 11.7. The van der Waals surface area contributed by atoms with Crippen LogP contribution in [0.4, 0.5) is 4.79 Å². The molecule has 1 atom stereocenters. The lowest BCUT2D eigenvalue weighted by Gasteiger charge is -2.37. The molecule has 0 aromatic rings. The maximum Gasteiger partial charge on any atom is 0.324 e. The minimum absolute atomic E-state index is 0.00246. The van der Waals surface area contributed by atoms with Gasteiger partial charge in [0.1, 0.15) is 0 Å². The molecule has 4 heteroatoms. The molecule has 2 fully saturated rings. The molecule has 4 nitrogen and oxygen atoms in total. The summed E-state index contributed by atoms with van der Waals surface area (Å²) in [5.74, 6) is 0.0138. The molecule has 1 aliphatic heterocycles. The number of urea groups is 1. The summed E-state index contributed by atoms with van der Waals surface area (Å²) in [5.41, 5.74) is 0.133. The van der Waals surface area contributed by atoms with Gasteiger partial charge in [-0.1, -0.05) is 33.6 Å². The monoisotopic (exact) mass is 252 g/mol. The molecule has 2 rings (SSSR count). The molecule has 1 saturated carbocycles. The van der Waals surface area contributed by atoms with Crippen LogP contribution in [0.1, 0.15) is 59.3 Å². The Bertz CT molecular complexity index is 322. The second-order valence-corrected chi connectivity index (χ2v) is 6.82. The topological polar surface area (TPSA) is 49.4 Å². The first-order valence-electron chi connectivity index (χ1n) is 6.99. The summed E-state index contributed by atoms with van der Waals surface area (Å²) in [6.07, 6.45) is 5.52. The van der Waals surface area contributed by atoms with Crippen molar-refractivity contribution in [2.24, 2.45) is 5.41 Å². The smallest absolute Gasteiger partial charge is 0.324 e. The molecule has 1 N–H and O–H groups in total. The standard InChI is InChI=1S/C14H24N2O2/c1-14(2,3)9-10-8-12(17)16(13(18)15-10)11-6-4-5-7-11/h10-11H,4-9H2,1-3H3,(H,15,18). The van der Waals surface area contributed by atoms with Crippen molar-refractivity contribution in [1.82, 2.24) is 10.2 Å². The summed E-state index contributed by atoms with van der Waals surface area (Å²) in [4.78, 5) is 25.7. The van der Waals surface area contributed by atoms with E-state index < -0.39 is 0 Å². The van der Waals surface area contributed by atoms with Crippen LogP contribution >= 0.6 is 0 Å². The van der Waals surface area contributed by atoms with E-state index in [-0.39, 0.29) is 29.4 Å². The van der Waals surface area contributed by atoms with Crippen LogP contribution < -0.4 is 5.32 Å². The van der Waals surface area contributed by atoms with Gasteiger partial charge in [0, 0.05) is 18.5 Å². The zero-order chi connectivity index (χ0) is 13.3. The summed E-state index contributed by atoms with van der Waals surface area (Å²) < 4.78 is 0. The van der Waals surface area contributed by atoms with E-state index in [2.05, 4.69) is 26.1 Å². The largest absolute Gasteiger partial charge is 0.334 e. The van der Waals surface area contributed by atoms with Crippen LogP contribution in [0.2, 0.25) is 0 Å². The molecule has 3 amide bonds. The van der Waals surface area contributed by atoms with Crippen molar-refractivity contribution in [2.75, 3.05) is 0 Å². The van der Waals surface area contributed by atoms with Crippen LogP contribution in [0.5, 0.6) is 0 Å². The van der Waals surface area contributed by atoms with Crippen molar-refractivity contribution in [3.63, 3.8) is 0 Å². The Balaban J connectivity index is 1.99. The van der Waals surface area contributed by atoms with E-state index in [4.69, 9.17) is 0 Å². The highest BCUT2D eigenvalue weighted by Gasteiger charge is 2.38. The number of nitrogens with zero attached hydrogens (tertiary/aromatic N) is 1. The number of carbonyl (C=O) groups excluding carboxylic acids is 2. The lowest BCUT2D eigenvalue weighted by Crippen LogP contribution is -2.58. The second kappa shape index (κ2) is 4.90. The molecule has 0 aromatic carbocycles. The van der Waals surface area contributed by atoms with Crippen LogP contribution in [0.25, 0.3) is 0 Å². The average Bonchev–Trinajstić information content (AvgIpc) is 2.66. The van der Waals surface area contributed by atoms with Gasteiger partial charge in [0.25, 0.3) is 0 Å². The third-order valence-electron chi connectivity index (χ3n) is 3.78. The van der Waals surface area contributed by atoms with E-state index in [1.54, 1.807) is 0 Å². The Morgan fingerprint density at radius 2 is 1.83 bits per heavy atom. The number of carbonyl (C=O) groups is 2. The first-order valence-corrected chi connectivity index (χ1v) is 6.99. The third kappa shape index (κ3) is 3.03. The minimum atomic E-state index is -0.174. The van der Waals surface area contributed by atoms with Crippen molar-refractivity contribution < 1.29 is 9.59 Å². The molecule has 0 bridgehead atoms. The third-order valence-corrected chi connectivity index (χ3v) is 3.78. The van der Waals surface area contributed by atoms with Crippen molar-refractivity contribution >= 4 is 11.9 Å². The highest BCUT2D eigenvalue weighted by Crippen LogP contribution is 2.29. The Morgan fingerprint density at radius 1 is 1.22 bits per heavy atom. The summed E-state index contributed by atoms with van der Waals surface area (Å²) >= 11 is 0. The second-order valence-electron chi connectivity index (χ2n) is 6.82. The molecule has 1 aliphatic carbocycles. The average molecular weight is 252 g/mol. The molecule has 1 heterocycles. The van der Waals surface area contributed by atoms with E-state index in [1.807, 2.05) is 0 Å². The maximum atomic E-state index is 12.2. The summed E-state index contributed by atoms with van der Waals surface area (Å²) in [6.45, 7) is 6.40. The molecule has 102 valence electrons. The van der Waals surface area contributed by atoms with Gasteiger partial charge in [0.05, 0.1) is 0 Å². The van der Waals surface area contributed by atoms with E-state index >= 15 is 0 Å². The van der Waals surface area contributed by atoms with Gasteiger partial charge in [0.2, 0.25) is 5.91 Å². The molecule has 18 heavy (non-hydrogen) atoms. The lowest BCUT2D eigenvalue weighted by molar-refractivity contribution is -0.132. The van der Waals surface area contributed by atoms with E-state index in [9.17, 15) is 9.59 Å². The molecule has 1 saturated heterocycles. The van der Waals surface area contributed by atoms with Crippen molar-refractivity contribution in [2.45, 2.75) is 71.4 Å². The van der Waals surface area contributed by atoms with Crippen LogP contribution in [-0.4, -0.2) is 28.9 Å². The Hall–Kier alpha value is -1.06. The molecular formula is C14H24N2O2. The van der Waals surface area contributed by atoms with Crippen LogP contribution in [-0.2, 0) is 4.79 Å². The Morgan fingerprint density at radius 3 is 2.33 bits per heavy atom. The van der Waals surface area contributed by atoms with Gasteiger partial charge in [-0.2, -0.15) is 0 Å². The van der Waals surface area contributed by atoms with Crippen LogP contribution in [0.3, 0.4) is 0 Å². The maximum absolute atomic E-state index is 12.2. The fourth-order valence-electron chi connectivity index (χ4n) is 3.11. The van der Waals surface area contributed by atoms with Gasteiger partial charge in [0.15, 0.2) is 0 Å². The fraction of sp³-hybridized carbons (Fsp3) is 0.857. The fourth-order valence-corrected chi connectivity index (χ4v) is 3.11. The number of rotatable bonds is 2. The van der Waals surface area contributed by atoms with Crippen molar-refractivity contribution in [1.29, 1.82) is 0 Å². The SMILES string of the molecule is CC(C)(C)CC1CC(=O)N(C2CCCC2)C(=O)N1. The van der Waals surface area contributed by atoms with E-state index in [0.717, 1.165) is 32.1 Å². The van der Waals surface area contributed by atoms with Gasteiger partial charge in [-0.25, -0.2) is 4.79 Å². The predicted octanol–water partition coefficient (Wildman–Crippen LogP) is 2.68. The van der Waals surface area contributed by atoms with Crippen LogP contribution in [0, 0.1) is 5.41 Å². The number of imide groups is 1. The molecule has 1 unspecified atom stereocenters. The zero-order valence-electron chi connectivity index (χ0n) is 11.7.